The largest absolute Gasteiger partial charge is 0.354 e. The summed E-state index contributed by atoms with van der Waals surface area (Å²) in [6.45, 7) is 0.256. The van der Waals surface area contributed by atoms with Gasteiger partial charge < -0.3 is 5.32 Å². The van der Waals surface area contributed by atoms with Gasteiger partial charge in [-0.1, -0.05) is 35.9 Å². The van der Waals surface area contributed by atoms with Crippen LogP contribution >= 0.6 is 23.4 Å². The van der Waals surface area contributed by atoms with E-state index in [0.29, 0.717) is 10.6 Å². The average molecular weight is 445 g/mol. The van der Waals surface area contributed by atoms with E-state index in [9.17, 15) is 18.8 Å². The van der Waals surface area contributed by atoms with Crippen molar-refractivity contribution < 1.29 is 18.8 Å². The van der Waals surface area contributed by atoms with Gasteiger partial charge in [-0.3, -0.25) is 19.3 Å². The first-order valence-electron chi connectivity index (χ1n) is 9.44. The van der Waals surface area contributed by atoms with E-state index in [1.165, 1.54) is 24.3 Å². The fraction of sp³-hybridized carbons (Fsp3) is 0.227. The minimum absolute atomic E-state index is 0.0861. The van der Waals surface area contributed by atoms with Crippen LogP contribution < -0.4 is 5.32 Å². The van der Waals surface area contributed by atoms with E-state index in [2.05, 4.69) is 5.32 Å². The highest BCUT2D eigenvalue weighted by Crippen LogP contribution is 2.48. The third-order valence-corrected chi connectivity index (χ3v) is 6.37. The number of rotatable bonds is 6. The number of benzene rings is 2. The van der Waals surface area contributed by atoms with Gasteiger partial charge in [0.2, 0.25) is 5.91 Å². The summed E-state index contributed by atoms with van der Waals surface area (Å²) in [5, 5.41) is 3.03. The number of amides is 3. The number of imide groups is 1. The molecule has 5 nitrogen and oxygen atoms in total. The Balaban J connectivity index is 1.36. The molecule has 2 aromatic rings. The van der Waals surface area contributed by atoms with Crippen LogP contribution in [0.5, 0.6) is 0 Å². The summed E-state index contributed by atoms with van der Waals surface area (Å²) in [4.78, 5) is 38.9. The van der Waals surface area contributed by atoms with Gasteiger partial charge >= 0.3 is 0 Å². The molecule has 154 valence electrons. The SMILES string of the molecule is O=C1S/C(=C\c2ccc(F)cc2)C(=O)N1CCNC(=O)C1(c2cccc(Cl)c2)CC1. The van der Waals surface area contributed by atoms with Crippen LogP contribution in [0.2, 0.25) is 5.02 Å². The van der Waals surface area contributed by atoms with E-state index in [1.807, 2.05) is 12.1 Å². The van der Waals surface area contributed by atoms with Gasteiger partial charge in [0.1, 0.15) is 5.82 Å². The van der Waals surface area contributed by atoms with Gasteiger partial charge in [-0.25, -0.2) is 4.39 Å². The van der Waals surface area contributed by atoms with Gasteiger partial charge in [0.15, 0.2) is 0 Å². The zero-order chi connectivity index (χ0) is 21.3. The van der Waals surface area contributed by atoms with Crippen LogP contribution in [0.4, 0.5) is 9.18 Å². The number of nitrogens with one attached hydrogen (secondary N) is 1. The van der Waals surface area contributed by atoms with E-state index in [4.69, 9.17) is 11.6 Å². The van der Waals surface area contributed by atoms with Crippen molar-refractivity contribution >= 4 is 46.5 Å². The summed E-state index contributed by atoms with van der Waals surface area (Å²) >= 11 is 6.88. The smallest absolute Gasteiger partial charge is 0.293 e. The number of hydrogen-bond acceptors (Lipinski definition) is 4. The van der Waals surface area contributed by atoms with Crippen molar-refractivity contribution in [2.75, 3.05) is 13.1 Å². The van der Waals surface area contributed by atoms with Crippen LogP contribution in [-0.2, 0) is 15.0 Å². The fourth-order valence-electron chi connectivity index (χ4n) is 3.41. The van der Waals surface area contributed by atoms with Gasteiger partial charge in [0, 0.05) is 18.1 Å². The summed E-state index contributed by atoms with van der Waals surface area (Å²) in [6, 6.07) is 12.9. The topological polar surface area (TPSA) is 66.5 Å². The molecule has 1 heterocycles. The monoisotopic (exact) mass is 444 g/mol. The predicted molar refractivity (Wildman–Crippen MR) is 114 cm³/mol. The third-order valence-electron chi connectivity index (χ3n) is 5.22. The first-order valence-corrected chi connectivity index (χ1v) is 10.6. The summed E-state index contributed by atoms with van der Waals surface area (Å²) in [6.07, 6.45) is 3.03. The molecule has 4 rings (SSSR count). The molecule has 30 heavy (non-hydrogen) atoms. The standard InChI is InChI=1S/C22H18ClFN2O3S/c23-16-3-1-2-15(13-16)22(8-9-22)20(28)25-10-11-26-19(27)18(30-21(26)29)12-14-4-6-17(24)7-5-14/h1-7,12-13H,8-11H2,(H,25,28)/b18-12-. The molecule has 0 bridgehead atoms. The Kier molecular flexibility index (Phi) is 5.66. The second-order valence-electron chi connectivity index (χ2n) is 7.23. The molecule has 2 aliphatic rings. The number of nitrogens with zero attached hydrogens (tertiary/aromatic N) is 1. The molecule has 3 amide bonds. The molecule has 0 spiro atoms. The van der Waals surface area contributed by atoms with Crippen LogP contribution in [0, 0.1) is 5.82 Å². The normalized spacial score (nSPS) is 18.7. The molecule has 0 unspecified atom stereocenters. The molecular weight excluding hydrogens is 427 g/mol. The van der Waals surface area contributed by atoms with Crippen molar-refractivity contribution in [3.05, 3.63) is 75.4 Å². The lowest BCUT2D eigenvalue weighted by Crippen LogP contribution is -2.41. The maximum atomic E-state index is 13.0. The Labute approximate surface area is 182 Å². The third kappa shape index (κ3) is 4.13. The lowest BCUT2D eigenvalue weighted by Gasteiger charge is -2.18. The van der Waals surface area contributed by atoms with E-state index < -0.39 is 16.6 Å². The number of carbonyl (C=O) groups excluding carboxylic acids is 3. The minimum Gasteiger partial charge on any atom is -0.354 e. The van der Waals surface area contributed by atoms with Gasteiger partial charge in [0.05, 0.1) is 10.3 Å². The molecule has 0 aromatic heterocycles. The minimum atomic E-state index is -0.577. The predicted octanol–water partition coefficient (Wildman–Crippen LogP) is 4.36. The molecule has 0 atom stereocenters. The highest BCUT2D eigenvalue weighted by Gasteiger charge is 2.51. The Morgan fingerprint density at radius 1 is 1.20 bits per heavy atom. The van der Waals surface area contributed by atoms with Crippen molar-refractivity contribution in [2.45, 2.75) is 18.3 Å². The van der Waals surface area contributed by atoms with Crippen LogP contribution in [0.15, 0.2) is 53.4 Å². The number of hydrogen-bond donors (Lipinski definition) is 1. The molecular formula is C22H18ClFN2O3S. The van der Waals surface area contributed by atoms with Crippen LogP contribution in [-0.4, -0.2) is 35.0 Å². The molecule has 2 fully saturated rings. The van der Waals surface area contributed by atoms with Gasteiger partial charge in [-0.2, -0.15) is 0 Å². The van der Waals surface area contributed by atoms with Crippen molar-refractivity contribution in [3.63, 3.8) is 0 Å². The van der Waals surface area contributed by atoms with Crippen molar-refractivity contribution in [3.8, 4) is 0 Å². The maximum absolute atomic E-state index is 13.0. The molecule has 2 aromatic carbocycles. The second kappa shape index (κ2) is 8.24. The highest BCUT2D eigenvalue weighted by molar-refractivity contribution is 8.18. The maximum Gasteiger partial charge on any atom is 0.293 e. The molecule has 1 aliphatic carbocycles. The van der Waals surface area contributed by atoms with E-state index in [-0.39, 0.29) is 29.7 Å². The van der Waals surface area contributed by atoms with Crippen molar-refractivity contribution in [1.29, 1.82) is 0 Å². The molecule has 1 N–H and O–H groups in total. The molecule has 1 saturated carbocycles. The fourth-order valence-corrected chi connectivity index (χ4v) is 4.47. The van der Waals surface area contributed by atoms with Gasteiger partial charge in [0.25, 0.3) is 11.1 Å². The molecule has 1 aliphatic heterocycles. The Hall–Kier alpha value is -2.64. The Bertz CT molecular complexity index is 1050. The first-order chi connectivity index (χ1) is 14.4. The van der Waals surface area contributed by atoms with Gasteiger partial charge in [-0.05, 0) is 66.1 Å². The second-order valence-corrected chi connectivity index (χ2v) is 8.66. The summed E-state index contributed by atoms with van der Waals surface area (Å²) in [5.74, 6) is -0.916. The molecule has 1 saturated heterocycles. The number of halogens is 2. The first kappa shape index (κ1) is 20.6. The molecule has 0 radical (unpaired) electrons. The lowest BCUT2D eigenvalue weighted by atomic mass is 9.95. The Morgan fingerprint density at radius 2 is 1.93 bits per heavy atom. The average Bonchev–Trinajstić information content (AvgIpc) is 3.49. The molecule has 8 heteroatoms. The Morgan fingerprint density at radius 3 is 2.60 bits per heavy atom. The van der Waals surface area contributed by atoms with Crippen LogP contribution in [0.1, 0.15) is 24.0 Å². The van der Waals surface area contributed by atoms with E-state index in [1.54, 1.807) is 18.2 Å². The van der Waals surface area contributed by atoms with E-state index in [0.717, 1.165) is 35.1 Å². The zero-order valence-corrected chi connectivity index (χ0v) is 17.4. The zero-order valence-electron chi connectivity index (χ0n) is 15.9. The van der Waals surface area contributed by atoms with Crippen LogP contribution in [0.3, 0.4) is 0 Å². The van der Waals surface area contributed by atoms with Gasteiger partial charge in [-0.15, -0.1) is 0 Å². The van der Waals surface area contributed by atoms with Crippen LogP contribution in [0.25, 0.3) is 6.08 Å². The van der Waals surface area contributed by atoms with E-state index >= 15 is 0 Å². The summed E-state index contributed by atoms with van der Waals surface area (Å²) in [5.41, 5.74) is 0.931. The summed E-state index contributed by atoms with van der Waals surface area (Å²) < 4.78 is 13.0. The number of carbonyl (C=O) groups is 3. The highest BCUT2D eigenvalue weighted by atomic mass is 35.5. The van der Waals surface area contributed by atoms with Crippen molar-refractivity contribution in [1.82, 2.24) is 10.2 Å². The summed E-state index contributed by atoms with van der Waals surface area (Å²) in [7, 11) is 0. The number of thioether (sulfide) groups is 1. The van der Waals surface area contributed by atoms with Crippen molar-refractivity contribution in [2.24, 2.45) is 0 Å². The lowest BCUT2D eigenvalue weighted by molar-refractivity contribution is -0.125. The quantitative estimate of drug-likeness (QED) is 0.672.